The molecule has 1 N–H and O–H groups in total. The number of ether oxygens (including phenoxy) is 1. The van der Waals surface area contributed by atoms with Crippen molar-refractivity contribution in [2.45, 2.75) is 33.0 Å². The van der Waals surface area contributed by atoms with E-state index < -0.39 is 0 Å². The summed E-state index contributed by atoms with van der Waals surface area (Å²) in [4.78, 5) is 1.13. The van der Waals surface area contributed by atoms with E-state index >= 15 is 0 Å². The second-order valence-corrected chi connectivity index (χ2v) is 8.30. The topological polar surface area (TPSA) is 21.3 Å². The minimum Gasteiger partial charge on any atom is -0.486 e. The summed E-state index contributed by atoms with van der Waals surface area (Å²) < 4.78 is 7.00. The lowest BCUT2D eigenvalue weighted by Crippen LogP contribution is -2.22. The summed E-state index contributed by atoms with van der Waals surface area (Å²) in [6.07, 6.45) is 0. The van der Waals surface area contributed by atoms with Crippen molar-refractivity contribution >= 4 is 50.5 Å². The molecule has 1 aromatic heterocycles. The van der Waals surface area contributed by atoms with Crippen LogP contribution in [0.2, 0.25) is 10.0 Å². The first-order valence-corrected chi connectivity index (χ1v) is 8.90. The highest BCUT2D eigenvalue weighted by atomic mass is 79.9. The zero-order chi connectivity index (χ0) is 15.4. The smallest absolute Gasteiger partial charge is 0.143 e. The molecule has 0 spiro atoms. The van der Waals surface area contributed by atoms with E-state index in [1.54, 1.807) is 17.4 Å². The van der Waals surface area contributed by atoms with Gasteiger partial charge in [0.2, 0.25) is 0 Å². The van der Waals surface area contributed by atoms with Crippen molar-refractivity contribution < 1.29 is 4.74 Å². The molecular formula is C15H16BrCl2NOS. The molecule has 0 aliphatic heterocycles. The Labute approximate surface area is 147 Å². The number of thiophene rings is 1. The van der Waals surface area contributed by atoms with E-state index in [0.29, 0.717) is 35.0 Å². The van der Waals surface area contributed by atoms with E-state index in [1.807, 2.05) is 18.2 Å². The van der Waals surface area contributed by atoms with Gasteiger partial charge in [-0.1, -0.05) is 37.0 Å². The molecule has 2 aromatic rings. The molecule has 0 atom stereocenters. The van der Waals surface area contributed by atoms with Crippen molar-refractivity contribution in [3.05, 3.63) is 48.5 Å². The lowest BCUT2D eigenvalue weighted by atomic mass is 10.2. The van der Waals surface area contributed by atoms with Crippen LogP contribution in [0.4, 0.5) is 0 Å². The van der Waals surface area contributed by atoms with Gasteiger partial charge in [0.05, 0.1) is 8.81 Å². The van der Waals surface area contributed by atoms with Gasteiger partial charge in [0, 0.05) is 28.0 Å². The Morgan fingerprint density at radius 3 is 2.67 bits per heavy atom. The molecule has 114 valence electrons. The molecule has 1 heterocycles. The molecule has 0 radical (unpaired) electrons. The minimum atomic E-state index is 0.379. The van der Waals surface area contributed by atoms with Crippen molar-refractivity contribution in [1.29, 1.82) is 0 Å². The predicted octanol–water partition coefficient (Wildman–Crippen LogP) is 5.89. The maximum absolute atomic E-state index is 6.28. The van der Waals surface area contributed by atoms with E-state index in [1.165, 1.54) is 0 Å². The van der Waals surface area contributed by atoms with Gasteiger partial charge in [-0.3, -0.25) is 0 Å². The Morgan fingerprint density at radius 1 is 1.29 bits per heavy atom. The van der Waals surface area contributed by atoms with E-state index in [0.717, 1.165) is 14.2 Å². The highest BCUT2D eigenvalue weighted by molar-refractivity contribution is 9.11. The Morgan fingerprint density at radius 2 is 2.05 bits per heavy atom. The molecule has 0 aliphatic rings. The first-order valence-electron chi connectivity index (χ1n) is 6.54. The molecule has 0 saturated carbocycles. The Kier molecular flexibility index (Phi) is 6.38. The zero-order valence-corrected chi connectivity index (χ0v) is 15.7. The van der Waals surface area contributed by atoms with Crippen LogP contribution in [0.15, 0.2) is 28.1 Å². The Bertz CT molecular complexity index is 616. The average Bonchev–Trinajstić information content (AvgIpc) is 2.80. The van der Waals surface area contributed by atoms with Crippen LogP contribution < -0.4 is 10.1 Å². The Hall–Kier alpha value is -0.260. The highest BCUT2D eigenvalue weighted by Crippen LogP contribution is 2.34. The number of hydrogen-bond acceptors (Lipinski definition) is 3. The molecule has 21 heavy (non-hydrogen) atoms. The van der Waals surface area contributed by atoms with Gasteiger partial charge >= 0.3 is 0 Å². The van der Waals surface area contributed by atoms with Crippen LogP contribution in [0.5, 0.6) is 5.75 Å². The van der Waals surface area contributed by atoms with Gasteiger partial charge in [-0.2, -0.15) is 0 Å². The third-order valence-corrected chi connectivity index (χ3v) is 4.87. The van der Waals surface area contributed by atoms with Crippen LogP contribution in [-0.2, 0) is 13.2 Å². The predicted molar refractivity (Wildman–Crippen MR) is 94.8 cm³/mol. The molecule has 2 nitrogen and oxygen atoms in total. The molecule has 2 rings (SSSR count). The zero-order valence-electron chi connectivity index (χ0n) is 11.8. The van der Waals surface area contributed by atoms with Crippen molar-refractivity contribution in [3.63, 3.8) is 0 Å². The van der Waals surface area contributed by atoms with Gasteiger partial charge in [0.15, 0.2) is 0 Å². The summed E-state index contributed by atoms with van der Waals surface area (Å²) in [6.45, 7) is 5.35. The third kappa shape index (κ3) is 5.15. The first kappa shape index (κ1) is 17.1. The van der Waals surface area contributed by atoms with E-state index in [4.69, 9.17) is 27.9 Å². The first-order chi connectivity index (χ1) is 9.95. The fraction of sp³-hybridized carbons (Fsp3) is 0.333. The quantitative estimate of drug-likeness (QED) is 0.642. The number of hydrogen-bond donors (Lipinski definition) is 1. The molecule has 0 amide bonds. The Balaban J connectivity index is 2.15. The van der Waals surface area contributed by atoms with E-state index in [2.05, 4.69) is 35.1 Å². The third-order valence-electron chi connectivity index (χ3n) is 2.77. The number of nitrogens with one attached hydrogen (secondary N) is 1. The van der Waals surface area contributed by atoms with Crippen molar-refractivity contribution in [2.75, 3.05) is 0 Å². The molecule has 0 unspecified atom stereocenters. The van der Waals surface area contributed by atoms with Gasteiger partial charge in [-0.15, -0.1) is 11.3 Å². The van der Waals surface area contributed by atoms with Gasteiger partial charge in [0.1, 0.15) is 12.4 Å². The van der Waals surface area contributed by atoms with Crippen molar-refractivity contribution in [2.24, 2.45) is 0 Å². The monoisotopic (exact) mass is 407 g/mol. The molecule has 0 saturated heterocycles. The van der Waals surface area contributed by atoms with E-state index in [-0.39, 0.29) is 0 Å². The molecule has 6 heteroatoms. The second kappa shape index (κ2) is 7.84. The fourth-order valence-electron chi connectivity index (χ4n) is 1.79. The average molecular weight is 409 g/mol. The van der Waals surface area contributed by atoms with E-state index in [9.17, 15) is 0 Å². The summed E-state index contributed by atoms with van der Waals surface area (Å²) in [5.41, 5.74) is 0.969. The lowest BCUT2D eigenvalue weighted by Gasteiger charge is -2.15. The summed E-state index contributed by atoms with van der Waals surface area (Å²) >= 11 is 17.5. The lowest BCUT2D eigenvalue weighted by molar-refractivity contribution is 0.305. The summed E-state index contributed by atoms with van der Waals surface area (Å²) in [6, 6.07) is 8.02. The standard InChI is InChI=1S/C15H16BrCl2NOS/c1-9(2)19-7-10-5-11(17)6-13(18)15(10)20-8-12-3-4-14(16)21-12/h3-6,9,19H,7-8H2,1-2H3. The summed E-state index contributed by atoms with van der Waals surface area (Å²) in [5, 5.41) is 4.51. The molecule has 0 fully saturated rings. The maximum Gasteiger partial charge on any atom is 0.143 e. The van der Waals surface area contributed by atoms with Crippen LogP contribution in [0.25, 0.3) is 0 Å². The van der Waals surface area contributed by atoms with Crippen LogP contribution in [0.1, 0.15) is 24.3 Å². The SMILES string of the molecule is CC(C)NCc1cc(Cl)cc(Cl)c1OCc1ccc(Br)s1. The molecule has 0 aliphatic carbocycles. The molecule has 0 bridgehead atoms. The summed E-state index contributed by atoms with van der Waals surface area (Å²) in [7, 11) is 0. The number of halogens is 3. The van der Waals surface area contributed by atoms with Crippen molar-refractivity contribution in [1.82, 2.24) is 5.32 Å². The highest BCUT2D eigenvalue weighted by Gasteiger charge is 2.12. The largest absolute Gasteiger partial charge is 0.486 e. The van der Waals surface area contributed by atoms with Gasteiger partial charge in [-0.25, -0.2) is 0 Å². The second-order valence-electron chi connectivity index (χ2n) is 4.91. The van der Waals surface area contributed by atoms with Gasteiger partial charge < -0.3 is 10.1 Å². The van der Waals surface area contributed by atoms with Gasteiger partial charge in [0.25, 0.3) is 0 Å². The fourth-order valence-corrected chi connectivity index (χ4v) is 3.78. The minimum absolute atomic E-state index is 0.379. The van der Waals surface area contributed by atoms with Crippen LogP contribution >= 0.6 is 50.5 Å². The normalized spacial score (nSPS) is 11.1. The van der Waals surface area contributed by atoms with Crippen LogP contribution in [0, 0.1) is 0 Å². The maximum atomic E-state index is 6.28. The number of rotatable bonds is 6. The molecule has 1 aromatic carbocycles. The summed E-state index contributed by atoms with van der Waals surface area (Å²) in [5.74, 6) is 0.693. The van der Waals surface area contributed by atoms with Gasteiger partial charge in [-0.05, 0) is 40.2 Å². The molecular weight excluding hydrogens is 393 g/mol. The van der Waals surface area contributed by atoms with Crippen LogP contribution in [0.3, 0.4) is 0 Å². The van der Waals surface area contributed by atoms with Crippen molar-refractivity contribution in [3.8, 4) is 5.75 Å². The van der Waals surface area contributed by atoms with Crippen LogP contribution in [-0.4, -0.2) is 6.04 Å². The number of benzene rings is 1.